The molecule has 4 heteroatoms. The third-order valence-corrected chi connectivity index (χ3v) is 4.84. The van der Waals surface area contributed by atoms with Gasteiger partial charge in [0.25, 0.3) is 6.43 Å². The van der Waals surface area contributed by atoms with Gasteiger partial charge in [0.05, 0.1) is 0 Å². The fraction of sp³-hybridized carbons (Fsp3) is 0.294. The van der Waals surface area contributed by atoms with Gasteiger partial charge in [-0.3, -0.25) is 0 Å². The Labute approximate surface area is 127 Å². The first-order chi connectivity index (χ1) is 10.2. The Morgan fingerprint density at radius 3 is 2.86 bits per heavy atom. The third kappa shape index (κ3) is 3.44. The van der Waals surface area contributed by atoms with Crippen LogP contribution in [0.25, 0.3) is 0 Å². The van der Waals surface area contributed by atoms with Crippen molar-refractivity contribution in [1.82, 2.24) is 5.32 Å². The van der Waals surface area contributed by atoms with Crippen molar-refractivity contribution in [2.45, 2.75) is 30.3 Å². The predicted octanol–water partition coefficient (Wildman–Crippen LogP) is 4.95. The maximum absolute atomic E-state index is 12.7. The number of nitrogens with one attached hydrogen (secondary N) is 1. The van der Waals surface area contributed by atoms with Crippen LogP contribution in [0, 0.1) is 0 Å². The molecule has 1 atom stereocenters. The lowest BCUT2D eigenvalue weighted by molar-refractivity contribution is 0.151. The monoisotopic (exact) mass is 305 g/mol. The molecule has 2 aromatic rings. The van der Waals surface area contributed by atoms with Crippen LogP contribution in [0.2, 0.25) is 0 Å². The van der Waals surface area contributed by atoms with Crippen LogP contribution in [0.5, 0.6) is 0 Å². The van der Waals surface area contributed by atoms with Gasteiger partial charge in [0.1, 0.15) is 0 Å². The topological polar surface area (TPSA) is 12.0 Å². The number of thioether (sulfide) groups is 1. The number of hydrogen-bond acceptors (Lipinski definition) is 2. The molecule has 1 unspecified atom stereocenters. The van der Waals surface area contributed by atoms with E-state index in [0.717, 1.165) is 17.7 Å². The van der Waals surface area contributed by atoms with E-state index >= 15 is 0 Å². The number of fused-ring (bicyclic) bond motifs is 1. The second-order valence-corrected chi connectivity index (χ2v) is 6.29. The second-order valence-electron chi connectivity index (χ2n) is 5.15. The number of halogens is 2. The first-order valence-electron chi connectivity index (χ1n) is 7.06. The molecule has 0 aromatic heterocycles. The fourth-order valence-electron chi connectivity index (χ4n) is 2.63. The molecule has 21 heavy (non-hydrogen) atoms. The first kappa shape index (κ1) is 14.5. The number of alkyl halides is 2. The summed E-state index contributed by atoms with van der Waals surface area (Å²) >= 11 is 1.88. The van der Waals surface area contributed by atoms with Gasteiger partial charge in [-0.2, -0.15) is 0 Å². The quantitative estimate of drug-likeness (QED) is 0.857. The van der Waals surface area contributed by atoms with Crippen LogP contribution in [-0.2, 0) is 6.54 Å². The highest BCUT2D eigenvalue weighted by Gasteiger charge is 2.19. The van der Waals surface area contributed by atoms with Gasteiger partial charge in [-0.1, -0.05) is 36.4 Å². The standard InChI is InChI=1S/C17H17F2NS/c18-17(19)13-5-3-4-12(10-13)11-20-15-8-9-21-16-7-2-1-6-14(15)16/h1-7,10,15,17,20H,8-9,11H2. The summed E-state index contributed by atoms with van der Waals surface area (Å²) in [7, 11) is 0. The molecule has 3 rings (SSSR count). The van der Waals surface area contributed by atoms with Crippen LogP contribution in [0.4, 0.5) is 8.78 Å². The largest absolute Gasteiger partial charge is 0.306 e. The summed E-state index contributed by atoms with van der Waals surface area (Å²) in [5.41, 5.74) is 2.32. The minimum Gasteiger partial charge on any atom is -0.306 e. The molecule has 110 valence electrons. The van der Waals surface area contributed by atoms with Crippen molar-refractivity contribution < 1.29 is 8.78 Å². The Balaban J connectivity index is 1.70. The van der Waals surface area contributed by atoms with Crippen LogP contribution in [0.3, 0.4) is 0 Å². The maximum Gasteiger partial charge on any atom is 0.263 e. The van der Waals surface area contributed by atoms with E-state index < -0.39 is 6.43 Å². The van der Waals surface area contributed by atoms with Gasteiger partial charge in [0, 0.05) is 23.0 Å². The lowest BCUT2D eigenvalue weighted by Crippen LogP contribution is -2.24. The highest BCUT2D eigenvalue weighted by Crippen LogP contribution is 2.35. The van der Waals surface area contributed by atoms with E-state index in [0.29, 0.717) is 12.6 Å². The predicted molar refractivity (Wildman–Crippen MR) is 82.8 cm³/mol. The van der Waals surface area contributed by atoms with Gasteiger partial charge >= 0.3 is 0 Å². The van der Waals surface area contributed by atoms with Crippen molar-refractivity contribution in [3.63, 3.8) is 0 Å². The first-order valence-corrected chi connectivity index (χ1v) is 8.04. The summed E-state index contributed by atoms with van der Waals surface area (Å²) < 4.78 is 25.4. The van der Waals surface area contributed by atoms with E-state index in [1.807, 2.05) is 17.8 Å². The van der Waals surface area contributed by atoms with E-state index in [1.54, 1.807) is 12.1 Å². The molecule has 0 fully saturated rings. The van der Waals surface area contributed by atoms with Gasteiger partial charge in [0.2, 0.25) is 0 Å². The summed E-state index contributed by atoms with van der Waals surface area (Å²) in [6, 6.07) is 15.3. The zero-order valence-corrected chi connectivity index (χ0v) is 12.4. The molecule has 1 aliphatic heterocycles. The Bertz CT molecular complexity index is 615. The molecule has 1 N–H and O–H groups in total. The Morgan fingerprint density at radius 2 is 2.00 bits per heavy atom. The molecule has 0 spiro atoms. The second kappa shape index (κ2) is 6.58. The molecule has 0 bridgehead atoms. The minimum absolute atomic E-state index is 0.0916. The number of benzene rings is 2. The van der Waals surface area contributed by atoms with Gasteiger partial charge in [-0.15, -0.1) is 11.8 Å². The third-order valence-electron chi connectivity index (χ3n) is 3.71. The van der Waals surface area contributed by atoms with Crippen LogP contribution in [0.1, 0.15) is 35.6 Å². The van der Waals surface area contributed by atoms with Crippen LogP contribution < -0.4 is 5.32 Å². The molecule has 0 amide bonds. The van der Waals surface area contributed by atoms with E-state index in [2.05, 4.69) is 29.6 Å². The van der Waals surface area contributed by atoms with Gasteiger partial charge in [0.15, 0.2) is 0 Å². The summed E-state index contributed by atoms with van der Waals surface area (Å²) in [4.78, 5) is 1.32. The van der Waals surface area contributed by atoms with Crippen molar-refractivity contribution in [1.29, 1.82) is 0 Å². The highest BCUT2D eigenvalue weighted by molar-refractivity contribution is 7.99. The maximum atomic E-state index is 12.7. The molecule has 1 heterocycles. The van der Waals surface area contributed by atoms with E-state index in [4.69, 9.17) is 0 Å². The van der Waals surface area contributed by atoms with Crippen molar-refractivity contribution in [3.8, 4) is 0 Å². The summed E-state index contributed by atoms with van der Waals surface area (Å²) in [6.07, 6.45) is -1.34. The molecule has 0 aliphatic carbocycles. The lowest BCUT2D eigenvalue weighted by Gasteiger charge is -2.26. The van der Waals surface area contributed by atoms with Crippen LogP contribution in [-0.4, -0.2) is 5.75 Å². The molecule has 0 saturated carbocycles. The Morgan fingerprint density at radius 1 is 1.14 bits per heavy atom. The average Bonchev–Trinajstić information content (AvgIpc) is 2.53. The molecule has 0 saturated heterocycles. The van der Waals surface area contributed by atoms with Crippen LogP contribution >= 0.6 is 11.8 Å². The van der Waals surface area contributed by atoms with E-state index in [1.165, 1.54) is 16.5 Å². The molecule has 1 aliphatic rings. The van der Waals surface area contributed by atoms with Gasteiger partial charge in [-0.25, -0.2) is 8.78 Å². The molecule has 0 radical (unpaired) electrons. The van der Waals surface area contributed by atoms with Crippen molar-refractivity contribution in [2.75, 3.05) is 5.75 Å². The average molecular weight is 305 g/mol. The summed E-state index contributed by atoms with van der Waals surface area (Å²) in [5, 5.41) is 3.50. The fourth-order valence-corrected chi connectivity index (χ4v) is 3.76. The SMILES string of the molecule is FC(F)c1cccc(CNC2CCSc3ccccc32)c1. The molecular formula is C17H17F2NS. The molecule has 1 nitrogen and oxygen atoms in total. The van der Waals surface area contributed by atoms with Crippen LogP contribution in [0.15, 0.2) is 53.4 Å². The normalized spacial score (nSPS) is 17.8. The molecule has 2 aromatic carbocycles. The number of rotatable bonds is 4. The minimum atomic E-state index is -2.41. The zero-order valence-electron chi connectivity index (χ0n) is 11.6. The highest BCUT2D eigenvalue weighted by atomic mass is 32.2. The van der Waals surface area contributed by atoms with Crippen molar-refractivity contribution >= 4 is 11.8 Å². The summed E-state index contributed by atoms with van der Waals surface area (Å²) in [6.45, 7) is 0.615. The van der Waals surface area contributed by atoms with Crippen molar-refractivity contribution in [2.24, 2.45) is 0 Å². The van der Waals surface area contributed by atoms with E-state index in [-0.39, 0.29) is 5.56 Å². The summed E-state index contributed by atoms with van der Waals surface area (Å²) in [5.74, 6) is 1.09. The van der Waals surface area contributed by atoms with Crippen molar-refractivity contribution in [3.05, 3.63) is 65.2 Å². The Kier molecular flexibility index (Phi) is 4.56. The Hall–Kier alpha value is -1.39. The smallest absolute Gasteiger partial charge is 0.263 e. The lowest BCUT2D eigenvalue weighted by atomic mass is 10.0. The van der Waals surface area contributed by atoms with E-state index in [9.17, 15) is 8.78 Å². The zero-order chi connectivity index (χ0) is 14.7. The molecular weight excluding hydrogens is 288 g/mol. The van der Waals surface area contributed by atoms with Gasteiger partial charge < -0.3 is 5.32 Å². The number of hydrogen-bond donors (Lipinski definition) is 1. The van der Waals surface area contributed by atoms with Gasteiger partial charge in [-0.05, 0) is 35.4 Å².